The number of carboxylic acid groups (broad SMARTS) is 1. The van der Waals surface area contributed by atoms with E-state index < -0.39 is 5.97 Å². The highest BCUT2D eigenvalue weighted by atomic mass is 16.5. The van der Waals surface area contributed by atoms with Crippen LogP contribution in [-0.4, -0.2) is 23.1 Å². The van der Waals surface area contributed by atoms with Crippen molar-refractivity contribution in [3.8, 4) is 0 Å². The van der Waals surface area contributed by atoms with E-state index in [9.17, 15) is 9.59 Å². The van der Waals surface area contributed by atoms with Gasteiger partial charge in [0.2, 0.25) is 0 Å². The zero-order chi connectivity index (χ0) is 24.4. The van der Waals surface area contributed by atoms with Crippen LogP contribution in [0.2, 0.25) is 0 Å². The van der Waals surface area contributed by atoms with Crippen molar-refractivity contribution in [1.29, 1.82) is 0 Å². The Balaban J connectivity index is 4.07. The molecule has 0 saturated heterocycles. The molecule has 0 aliphatic heterocycles. The second-order valence-electron chi connectivity index (χ2n) is 8.49. The third-order valence-corrected chi connectivity index (χ3v) is 5.33. The quantitative estimate of drug-likeness (QED) is 0.0999. The lowest BCUT2D eigenvalue weighted by molar-refractivity contribution is -0.149. The molecule has 0 heterocycles. The summed E-state index contributed by atoms with van der Waals surface area (Å²) in [7, 11) is 0. The van der Waals surface area contributed by atoms with Gasteiger partial charge >= 0.3 is 11.9 Å². The van der Waals surface area contributed by atoms with Gasteiger partial charge in [0.1, 0.15) is 6.10 Å². The molecule has 0 radical (unpaired) electrons. The SMILES string of the molecule is CC/C=C\C/C=C\C/C=C\C/C=C\CCC(=O)OC(CCCCCC)CCCCCC(=O)O. The van der Waals surface area contributed by atoms with Gasteiger partial charge in [0.05, 0.1) is 0 Å². The van der Waals surface area contributed by atoms with Crippen LogP contribution in [0.25, 0.3) is 0 Å². The maximum absolute atomic E-state index is 12.3. The van der Waals surface area contributed by atoms with Crippen LogP contribution < -0.4 is 0 Å². The second kappa shape index (κ2) is 24.5. The van der Waals surface area contributed by atoms with E-state index in [0.29, 0.717) is 19.3 Å². The van der Waals surface area contributed by atoms with Crippen LogP contribution in [0, 0.1) is 0 Å². The first-order valence-electron chi connectivity index (χ1n) is 13.1. The number of hydrogen-bond acceptors (Lipinski definition) is 3. The number of carbonyl (C=O) groups excluding carboxylic acids is 1. The maximum Gasteiger partial charge on any atom is 0.306 e. The number of allylic oxidation sites excluding steroid dienone is 8. The molecule has 33 heavy (non-hydrogen) atoms. The molecule has 0 bridgehead atoms. The average molecular weight is 461 g/mol. The van der Waals surface area contributed by atoms with Gasteiger partial charge in [-0.2, -0.15) is 0 Å². The van der Waals surface area contributed by atoms with Gasteiger partial charge in [-0.15, -0.1) is 0 Å². The summed E-state index contributed by atoms with van der Waals surface area (Å²) in [6.45, 7) is 4.33. The molecule has 4 heteroatoms. The molecule has 1 unspecified atom stereocenters. The number of ether oxygens (including phenoxy) is 1. The molecule has 0 aromatic rings. The number of carboxylic acids is 1. The normalized spacial score (nSPS) is 13.0. The molecule has 1 N–H and O–H groups in total. The molecule has 0 rings (SSSR count). The van der Waals surface area contributed by atoms with Gasteiger partial charge in [0.25, 0.3) is 0 Å². The molecule has 0 aromatic carbocycles. The summed E-state index contributed by atoms with van der Waals surface area (Å²) in [5.74, 6) is -0.864. The van der Waals surface area contributed by atoms with E-state index in [-0.39, 0.29) is 18.5 Å². The lowest BCUT2D eigenvalue weighted by Crippen LogP contribution is -2.18. The summed E-state index contributed by atoms with van der Waals surface area (Å²) in [4.78, 5) is 22.9. The van der Waals surface area contributed by atoms with Gasteiger partial charge in [-0.05, 0) is 64.2 Å². The van der Waals surface area contributed by atoms with Crippen LogP contribution in [0.5, 0.6) is 0 Å². The molecule has 0 spiro atoms. The fourth-order valence-electron chi connectivity index (χ4n) is 3.43. The van der Waals surface area contributed by atoms with Crippen molar-refractivity contribution in [3.05, 3.63) is 48.6 Å². The molecule has 0 amide bonds. The largest absolute Gasteiger partial charge is 0.481 e. The molecular weight excluding hydrogens is 412 g/mol. The Hall–Kier alpha value is -2.10. The summed E-state index contributed by atoms with van der Waals surface area (Å²) < 4.78 is 5.75. The first kappa shape index (κ1) is 30.9. The predicted molar refractivity (Wildman–Crippen MR) is 139 cm³/mol. The van der Waals surface area contributed by atoms with Crippen molar-refractivity contribution < 1.29 is 19.4 Å². The van der Waals surface area contributed by atoms with E-state index in [4.69, 9.17) is 9.84 Å². The van der Waals surface area contributed by atoms with E-state index in [0.717, 1.165) is 57.8 Å². The first-order valence-corrected chi connectivity index (χ1v) is 13.1. The van der Waals surface area contributed by atoms with Gasteiger partial charge in [-0.1, -0.05) is 88.1 Å². The van der Waals surface area contributed by atoms with Crippen LogP contribution in [0.1, 0.15) is 117 Å². The topological polar surface area (TPSA) is 63.6 Å². The molecule has 4 nitrogen and oxygen atoms in total. The van der Waals surface area contributed by atoms with Gasteiger partial charge in [0, 0.05) is 12.8 Å². The molecule has 0 aliphatic rings. The molecule has 1 atom stereocenters. The molecule has 0 saturated carbocycles. The Kier molecular flexibility index (Phi) is 23.0. The zero-order valence-electron chi connectivity index (χ0n) is 21.2. The van der Waals surface area contributed by atoms with Crippen LogP contribution >= 0.6 is 0 Å². The highest BCUT2D eigenvalue weighted by Gasteiger charge is 2.14. The third-order valence-electron chi connectivity index (χ3n) is 5.33. The Labute approximate surface area is 202 Å². The summed E-state index contributed by atoms with van der Waals surface area (Å²) >= 11 is 0. The van der Waals surface area contributed by atoms with E-state index in [1.54, 1.807) is 0 Å². The van der Waals surface area contributed by atoms with Crippen molar-refractivity contribution in [3.63, 3.8) is 0 Å². The number of rotatable bonds is 22. The lowest BCUT2D eigenvalue weighted by Gasteiger charge is -2.18. The first-order chi connectivity index (χ1) is 16.1. The highest BCUT2D eigenvalue weighted by Crippen LogP contribution is 2.16. The smallest absolute Gasteiger partial charge is 0.306 e. The zero-order valence-corrected chi connectivity index (χ0v) is 21.2. The Morgan fingerprint density at radius 3 is 1.79 bits per heavy atom. The van der Waals surface area contributed by atoms with Crippen LogP contribution in [0.3, 0.4) is 0 Å². The molecule has 188 valence electrons. The predicted octanol–water partition coefficient (Wildman–Crippen LogP) is 8.49. The van der Waals surface area contributed by atoms with E-state index in [1.807, 2.05) is 0 Å². The minimum Gasteiger partial charge on any atom is -0.481 e. The fraction of sp³-hybridized carbons (Fsp3) is 0.655. The van der Waals surface area contributed by atoms with Crippen molar-refractivity contribution in [2.45, 2.75) is 123 Å². The Morgan fingerprint density at radius 1 is 0.697 bits per heavy atom. The monoisotopic (exact) mass is 460 g/mol. The number of hydrogen-bond donors (Lipinski definition) is 1. The van der Waals surface area contributed by atoms with E-state index in [2.05, 4.69) is 62.5 Å². The summed E-state index contributed by atoms with van der Waals surface area (Å²) in [6, 6.07) is 0. The summed E-state index contributed by atoms with van der Waals surface area (Å²) in [5.41, 5.74) is 0. The molecular formula is C29H48O4. The summed E-state index contributed by atoms with van der Waals surface area (Å²) in [5, 5.41) is 8.74. The number of carbonyl (C=O) groups is 2. The molecule has 0 fully saturated rings. The van der Waals surface area contributed by atoms with E-state index >= 15 is 0 Å². The molecule has 0 aliphatic carbocycles. The number of unbranched alkanes of at least 4 members (excludes halogenated alkanes) is 5. The van der Waals surface area contributed by atoms with Crippen LogP contribution in [-0.2, 0) is 14.3 Å². The van der Waals surface area contributed by atoms with Crippen LogP contribution in [0.15, 0.2) is 48.6 Å². The Morgan fingerprint density at radius 2 is 1.24 bits per heavy atom. The number of esters is 1. The van der Waals surface area contributed by atoms with Crippen molar-refractivity contribution in [1.82, 2.24) is 0 Å². The van der Waals surface area contributed by atoms with Gasteiger partial charge in [-0.25, -0.2) is 0 Å². The second-order valence-corrected chi connectivity index (χ2v) is 8.49. The third kappa shape index (κ3) is 24.4. The van der Waals surface area contributed by atoms with E-state index in [1.165, 1.54) is 19.3 Å². The van der Waals surface area contributed by atoms with Crippen molar-refractivity contribution in [2.75, 3.05) is 0 Å². The standard InChI is InChI=1S/C29H48O4/c1-3-5-7-9-10-11-12-13-14-15-16-17-22-26-29(32)33-27(23-19-8-6-4-2)24-20-18-21-25-28(30)31/h5,7,10-11,13-14,16-17,27H,3-4,6,8-9,12,15,18-26H2,1-2H3,(H,30,31)/b7-5-,11-10-,14-13-,17-16-. The van der Waals surface area contributed by atoms with Gasteiger partial charge in [0.15, 0.2) is 0 Å². The van der Waals surface area contributed by atoms with Crippen LogP contribution in [0.4, 0.5) is 0 Å². The van der Waals surface area contributed by atoms with Gasteiger partial charge in [-0.3, -0.25) is 9.59 Å². The fourth-order valence-corrected chi connectivity index (χ4v) is 3.43. The van der Waals surface area contributed by atoms with Gasteiger partial charge < -0.3 is 9.84 Å². The number of aliphatic carboxylic acids is 1. The maximum atomic E-state index is 12.3. The van der Waals surface area contributed by atoms with Crippen molar-refractivity contribution in [2.24, 2.45) is 0 Å². The lowest BCUT2D eigenvalue weighted by atomic mass is 10.0. The summed E-state index contributed by atoms with van der Waals surface area (Å²) in [6.07, 6.45) is 31.3. The average Bonchev–Trinajstić information content (AvgIpc) is 2.79. The minimum absolute atomic E-state index is 0.0309. The minimum atomic E-state index is -0.742. The Bertz CT molecular complexity index is 586. The van der Waals surface area contributed by atoms with Crippen molar-refractivity contribution >= 4 is 11.9 Å². The highest BCUT2D eigenvalue weighted by molar-refractivity contribution is 5.69. The molecule has 0 aromatic heterocycles.